The van der Waals surface area contributed by atoms with Crippen LogP contribution in [0.2, 0.25) is 0 Å². The van der Waals surface area contributed by atoms with E-state index in [1.165, 1.54) is 19.1 Å². The van der Waals surface area contributed by atoms with Gasteiger partial charge in [-0.2, -0.15) is 4.99 Å². The van der Waals surface area contributed by atoms with Gasteiger partial charge in [-0.05, 0) is 12.2 Å². The van der Waals surface area contributed by atoms with Gasteiger partial charge in [0, 0.05) is 12.2 Å². The number of hydrogen-bond acceptors (Lipinski definition) is 2. The quantitative estimate of drug-likeness (QED) is 0.438. The standard InChI is InChI=1S/C8H7NO2/c1-6(10)9-7-2-4-8(11)5-3-7/h2-5H,1H3/p+1. The van der Waals surface area contributed by atoms with E-state index in [1.807, 2.05) is 0 Å². The molecular formula is C8H8NO2+. The van der Waals surface area contributed by atoms with E-state index in [-0.39, 0.29) is 11.7 Å². The summed E-state index contributed by atoms with van der Waals surface area (Å²) < 4.78 is 0. The van der Waals surface area contributed by atoms with Crippen LogP contribution in [0.4, 0.5) is 0 Å². The van der Waals surface area contributed by atoms with Crippen molar-refractivity contribution in [1.82, 2.24) is 0 Å². The van der Waals surface area contributed by atoms with E-state index < -0.39 is 0 Å². The molecule has 0 unspecified atom stereocenters. The van der Waals surface area contributed by atoms with Gasteiger partial charge in [-0.1, -0.05) is 0 Å². The van der Waals surface area contributed by atoms with Crippen LogP contribution >= 0.6 is 0 Å². The highest BCUT2D eigenvalue weighted by Crippen LogP contribution is 1.89. The van der Waals surface area contributed by atoms with Gasteiger partial charge in [0.1, 0.15) is 0 Å². The Morgan fingerprint density at radius 1 is 1.27 bits per heavy atom. The van der Waals surface area contributed by atoms with Crippen LogP contribution in [-0.2, 0) is 9.59 Å². The molecule has 1 amide bonds. The summed E-state index contributed by atoms with van der Waals surface area (Å²) in [5.74, 6) is -0.192. The highest BCUT2D eigenvalue weighted by atomic mass is 16.1. The van der Waals surface area contributed by atoms with Gasteiger partial charge in [-0.15, -0.1) is 0 Å². The second-order valence-electron chi connectivity index (χ2n) is 2.21. The average molecular weight is 150 g/mol. The highest BCUT2D eigenvalue weighted by molar-refractivity contribution is 6.14. The van der Waals surface area contributed by atoms with Crippen LogP contribution in [0.15, 0.2) is 24.3 Å². The van der Waals surface area contributed by atoms with Crippen molar-refractivity contribution in [2.75, 3.05) is 0 Å². The van der Waals surface area contributed by atoms with Gasteiger partial charge in [0.25, 0.3) is 0 Å². The van der Waals surface area contributed by atoms with Crippen molar-refractivity contribution >= 4 is 17.4 Å². The zero-order valence-corrected chi connectivity index (χ0v) is 6.13. The third kappa shape index (κ3) is 2.29. The molecule has 11 heavy (non-hydrogen) atoms. The number of ketones is 1. The molecule has 0 atom stereocenters. The molecule has 0 bridgehead atoms. The topological polar surface area (TPSA) is 48.1 Å². The summed E-state index contributed by atoms with van der Waals surface area (Å²) in [5, 5.41) is 0. The van der Waals surface area contributed by atoms with Crippen molar-refractivity contribution < 1.29 is 14.6 Å². The van der Waals surface area contributed by atoms with Crippen molar-refractivity contribution in [3.05, 3.63) is 24.3 Å². The van der Waals surface area contributed by atoms with Gasteiger partial charge >= 0.3 is 5.91 Å². The number of carbonyl (C=O) groups excluding carboxylic acids is 2. The number of amides is 1. The molecule has 0 heterocycles. The Bertz CT molecular complexity index is 266. The third-order valence-corrected chi connectivity index (χ3v) is 1.17. The first-order chi connectivity index (χ1) is 5.18. The van der Waals surface area contributed by atoms with Crippen molar-refractivity contribution in [2.24, 2.45) is 0 Å². The molecule has 0 radical (unpaired) electrons. The fourth-order valence-electron chi connectivity index (χ4n) is 0.742. The Hall–Kier alpha value is -1.51. The number of rotatable bonds is 0. The summed E-state index contributed by atoms with van der Waals surface area (Å²) in [6.45, 7) is 1.42. The molecule has 0 saturated heterocycles. The molecular weight excluding hydrogens is 142 g/mol. The lowest BCUT2D eigenvalue weighted by atomic mass is 10.2. The summed E-state index contributed by atoms with van der Waals surface area (Å²) >= 11 is 0. The third-order valence-electron chi connectivity index (χ3n) is 1.17. The smallest absolute Gasteiger partial charge is 0.290 e. The molecule has 0 aliphatic heterocycles. The lowest BCUT2D eigenvalue weighted by molar-refractivity contribution is -0.373. The summed E-state index contributed by atoms with van der Waals surface area (Å²) in [6, 6.07) is 0. The summed E-state index contributed by atoms with van der Waals surface area (Å²) in [5.41, 5.74) is 0.650. The summed E-state index contributed by atoms with van der Waals surface area (Å²) in [4.78, 5) is 23.7. The maximum atomic E-state index is 10.6. The van der Waals surface area contributed by atoms with E-state index in [2.05, 4.69) is 4.99 Å². The average Bonchev–Trinajstić information content (AvgIpc) is 1.93. The van der Waals surface area contributed by atoms with Crippen LogP contribution in [0.25, 0.3) is 0 Å². The minimum atomic E-state index is -0.136. The Balaban J connectivity index is 2.80. The number of allylic oxidation sites excluding steroid dienone is 4. The minimum Gasteiger partial charge on any atom is -0.290 e. The van der Waals surface area contributed by atoms with Gasteiger partial charge in [-0.25, -0.2) is 4.79 Å². The molecule has 56 valence electrons. The predicted molar refractivity (Wildman–Crippen MR) is 39.9 cm³/mol. The van der Waals surface area contributed by atoms with Crippen LogP contribution in [0.5, 0.6) is 0 Å². The molecule has 3 heteroatoms. The molecule has 0 fully saturated rings. The first-order valence-electron chi connectivity index (χ1n) is 3.23. The monoisotopic (exact) mass is 150 g/mol. The first kappa shape index (κ1) is 7.60. The maximum Gasteiger partial charge on any atom is 0.382 e. The number of hydrogen-bond donors (Lipinski definition) is 1. The molecule has 1 rings (SSSR count). The normalized spacial score (nSPS) is 15.4. The molecule has 0 spiro atoms. The lowest BCUT2D eigenvalue weighted by Gasteiger charge is -1.89. The number of carbonyl (C=O) groups is 2. The van der Waals surface area contributed by atoms with Crippen LogP contribution in [0.1, 0.15) is 6.92 Å². The van der Waals surface area contributed by atoms with Gasteiger partial charge in [0.15, 0.2) is 5.78 Å². The van der Waals surface area contributed by atoms with Crippen molar-refractivity contribution in [3.63, 3.8) is 0 Å². The van der Waals surface area contributed by atoms with E-state index in [4.69, 9.17) is 0 Å². The first-order valence-corrected chi connectivity index (χ1v) is 3.23. The van der Waals surface area contributed by atoms with Gasteiger partial charge in [0.2, 0.25) is 5.71 Å². The van der Waals surface area contributed by atoms with E-state index in [1.54, 1.807) is 12.2 Å². The molecule has 0 aromatic rings. The maximum absolute atomic E-state index is 10.6. The van der Waals surface area contributed by atoms with E-state index in [0.29, 0.717) is 5.71 Å². The Morgan fingerprint density at radius 3 is 2.27 bits per heavy atom. The molecule has 1 aliphatic carbocycles. The fourth-order valence-corrected chi connectivity index (χ4v) is 0.742. The van der Waals surface area contributed by atoms with Crippen LogP contribution < -0.4 is 4.99 Å². The summed E-state index contributed by atoms with van der Waals surface area (Å²) in [6.07, 6.45) is 5.96. The predicted octanol–water partition coefficient (Wildman–Crippen LogP) is -1.25. The number of nitrogens with one attached hydrogen (secondary N) is 1. The molecule has 0 saturated carbocycles. The van der Waals surface area contributed by atoms with E-state index >= 15 is 0 Å². The fraction of sp³-hybridized carbons (Fsp3) is 0.125. The Labute approximate surface area is 64.1 Å². The lowest BCUT2D eigenvalue weighted by Crippen LogP contribution is -2.75. The zero-order chi connectivity index (χ0) is 8.27. The van der Waals surface area contributed by atoms with E-state index in [9.17, 15) is 9.59 Å². The highest BCUT2D eigenvalue weighted by Gasteiger charge is 2.05. The second-order valence-corrected chi connectivity index (χ2v) is 2.21. The Kier molecular flexibility index (Phi) is 2.11. The molecule has 0 aromatic carbocycles. The zero-order valence-electron chi connectivity index (χ0n) is 6.13. The SMILES string of the molecule is CC(=O)[NH+]=C1C=CC(=O)C=C1. The van der Waals surface area contributed by atoms with Crippen molar-refractivity contribution in [1.29, 1.82) is 0 Å². The summed E-state index contributed by atoms with van der Waals surface area (Å²) in [7, 11) is 0. The van der Waals surface area contributed by atoms with E-state index in [0.717, 1.165) is 0 Å². The Morgan fingerprint density at radius 2 is 1.82 bits per heavy atom. The van der Waals surface area contributed by atoms with Gasteiger partial charge < -0.3 is 0 Å². The van der Waals surface area contributed by atoms with Crippen LogP contribution in [0, 0.1) is 0 Å². The minimum absolute atomic E-state index is 0.0564. The molecule has 1 N–H and O–H groups in total. The van der Waals surface area contributed by atoms with Gasteiger partial charge in [0.05, 0.1) is 6.92 Å². The van der Waals surface area contributed by atoms with Crippen molar-refractivity contribution in [3.8, 4) is 0 Å². The van der Waals surface area contributed by atoms with Crippen molar-refractivity contribution in [2.45, 2.75) is 6.92 Å². The molecule has 0 aromatic heterocycles. The molecule has 1 aliphatic rings. The van der Waals surface area contributed by atoms with Crippen LogP contribution in [-0.4, -0.2) is 17.4 Å². The molecule has 3 nitrogen and oxygen atoms in total. The van der Waals surface area contributed by atoms with Gasteiger partial charge in [-0.3, -0.25) is 4.79 Å². The second kappa shape index (κ2) is 3.05. The van der Waals surface area contributed by atoms with Crippen LogP contribution in [0.3, 0.4) is 0 Å². The largest absolute Gasteiger partial charge is 0.382 e.